The van der Waals surface area contributed by atoms with E-state index in [0.29, 0.717) is 12.8 Å². The summed E-state index contributed by atoms with van der Waals surface area (Å²) in [4.78, 5) is 23.0. The van der Waals surface area contributed by atoms with Crippen molar-refractivity contribution < 1.29 is 19.4 Å². The molecule has 0 fully saturated rings. The van der Waals surface area contributed by atoms with Crippen LogP contribution in [0.3, 0.4) is 0 Å². The highest BCUT2D eigenvalue weighted by Gasteiger charge is 2.14. The number of hydrogen-bond donors (Lipinski definition) is 1. The second kappa shape index (κ2) is 33.4. The zero-order valence-electron chi connectivity index (χ0n) is 27.9. The molecule has 0 aromatic heterocycles. The second-order valence-electron chi connectivity index (χ2n) is 12.8. The SMILES string of the molecule is CCCCCCCCCCCCCCC(=O)OC(CCCCC)CCCCCCCCCCCCCCCC(=O)O. The molecular weight excluding hydrogens is 508 g/mol. The van der Waals surface area contributed by atoms with Gasteiger partial charge in [0.2, 0.25) is 0 Å². The lowest BCUT2D eigenvalue weighted by atomic mass is 10.0. The summed E-state index contributed by atoms with van der Waals surface area (Å²) in [6.45, 7) is 4.51. The molecule has 1 N–H and O–H groups in total. The molecule has 0 saturated heterocycles. The number of ether oxygens (including phenoxy) is 1. The first-order chi connectivity index (χ1) is 20.1. The predicted octanol–water partition coefficient (Wildman–Crippen LogP) is 12.5. The maximum Gasteiger partial charge on any atom is 0.306 e. The van der Waals surface area contributed by atoms with Crippen LogP contribution in [0.25, 0.3) is 0 Å². The molecule has 0 radical (unpaired) electrons. The normalized spacial score (nSPS) is 12.0. The van der Waals surface area contributed by atoms with Gasteiger partial charge in [0, 0.05) is 12.8 Å². The van der Waals surface area contributed by atoms with Crippen molar-refractivity contribution in [3.05, 3.63) is 0 Å². The van der Waals surface area contributed by atoms with E-state index in [0.717, 1.165) is 32.1 Å². The third kappa shape index (κ3) is 33.3. The fraction of sp³-hybridized carbons (Fsp3) is 0.946. The van der Waals surface area contributed by atoms with Gasteiger partial charge in [0.05, 0.1) is 0 Å². The standard InChI is InChI=1S/C37H72O4/c1-3-5-7-8-9-10-11-17-20-23-26-30-34-37(40)41-35(31-27-6-4-2)32-28-24-21-18-15-13-12-14-16-19-22-25-29-33-36(38)39/h35H,3-34H2,1-2H3,(H,38,39). The van der Waals surface area contributed by atoms with Crippen LogP contribution in [0.5, 0.6) is 0 Å². The highest BCUT2D eigenvalue weighted by Crippen LogP contribution is 2.18. The number of hydrogen-bond acceptors (Lipinski definition) is 3. The summed E-state index contributed by atoms with van der Waals surface area (Å²) >= 11 is 0. The molecule has 4 heteroatoms. The van der Waals surface area contributed by atoms with Crippen LogP contribution in [0.2, 0.25) is 0 Å². The minimum absolute atomic E-state index is 0.0406. The van der Waals surface area contributed by atoms with Crippen LogP contribution in [-0.4, -0.2) is 23.1 Å². The first-order valence-electron chi connectivity index (χ1n) is 18.5. The third-order valence-corrected chi connectivity index (χ3v) is 8.58. The molecule has 1 unspecified atom stereocenters. The van der Waals surface area contributed by atoms with E-state index in [9.17, 15) is 9.59 Å². The van der Waals surface area contributed by atoms with E-state index in [-0.39, 0.29) is 12.1 Å². The second-order valence-corrected chi connectivity index (χ2v) is 12.8. The van der Waals surface area contributed by atoms with Gasteiger partial charge >= 0.3 is 11.9 Å². The fourth-order valence-corrected chi connectivity index (χ4v) is 5.83. The number of carbonyl (C=O) groups is 2. The molecule has 41 heavy (non-hydrogen) atoms. The zero-order valence-corrected chi connectivity index (χ0v) is 27.9. The van der Waals surface area contributed by atoms with Crippen molar-refractivity contribution >= 4 is 11.9 Å². The Morgan fingerprint density at radius 1 is 0.439 bits per heavy atom. The van der Waals surface area contributed by atoms with Crippen molar-refractivity contribution in [1.82, 2.24) is 0 Å². The van der Waals surface area contributed by atoms with Crippen molar-refractivity contribution in [1.29, 1.82) is 0 Å². The lowest BCUT2D eigenvalue weighted by Crippen LogP contribution is -2.18. The highest BCUT2D eigenvalue weighted by molar-refractivity contribution is 5.69. The van der Waals surface area contributed by atoms with Crippen molar-refractivity contribution in [3.63, 3.8) is 0 Å². The van der Waals surface area contributed by atoms with Crippen molar-refractivity contribution in [2.75, 3.05) is 0 Å². The Morgan fingerprint density at radius 3 is 1.12 bits per heavy atom. The molecule has 0 amide bonds. The molecule has 0 aromatic rings. The summed E-state index contributed by atoms with van der Waals surface area (Å²) in [5.41, 5.74) is 0. The number of carbonyl (C=O) groups excluding carboxylic acids is 1. The molecule has 0 rings (SSSR count). The van der Waals surface area contributed by atoms with Crippen LogP contribution in [0.1, 0.15) is 219 Å². The average molecular weight is 581 g/mol. The number of carboxylic acid groups (broad SMARTS) is 1. The van der Waals surface area contributed by atoms with E-state index in [1.807, 2.05) is 0 Å². The summed E-state index contributed by atoms with van der Waals surface area (Å²) in [6.07, 6.45) is 38.7. The Kier molecular flexibility index (Phi) is 32.6. The smallest absolute Gasteiger partial charge is 0.306 e. The van der Waals surface area contributed by atoms with Gasteiger partial charge in [-0.25, -0.2) is 0 Å². The van der Waals surface area contributed by atoms with Gasteiger partial charge in [-0.15, -0.1) is 0 Å². The van der Waals surface area contributed by atoms with Gasteiger partial charge < -0.3 is 9.84 Å². The Balaban J connectivity index is 3.70. The molecule has 0 aliphatic rings. The number of esters is 1. The third-order valence-electron chi connectivity index (χ3n) is 8.58. The fourth-order valence-electron chi connectivity index (χ4n) is 5.83. The lowest BCUT2D eigenvalue weighted by Gasteiger charge is -2.18. The minimum atomic E-state index is -0.666. The zero-order chi connectivity index (χ0) is 30.1. The van der Waals surface area contributed by atoms with E-state index in [1.165, 1.54) is 161 Å². The van der Waals surface area contributed by atoms with Gasteiger partial charge in [-0.3, -0.25) is 9.59 Å². The van der Waals surface area contributed by atoms with E-state index in [2.05, 4.69) is 13.8 Å². The summed E-state index contributed by atoms with van der Waals surface area (Å²) in [5.74, 6) is -0.626. The van der Waals surface area contributed by atoms with Crippen LogP contribution >= 0.6 is 0 Å². The maximum atomic E-state index is 12.5. The largest absolute Gasteiger partial charge is 0.481 e. The minimum Gasteiger partial charge on any atom is -0.481 e. The summed E-state index contributed by atoms with van der Waals surface area (Å²) in [5, 5.41) is 8.66. The quantitative estimate of drug-likeness (QED) is 0.0607. The Hall–Kier alpha value is -1.06. The van der Waals surface area contributed by atoms with Crippen molar-refractivity contribution in [2.45, 2.75) is 225 Å². The molecule has 0 saturated carbocycles. The van der Waals surface area contributed by atoms with Gasteiger partial charge in [-0.05, 0) is 38.5 Å². The Bertz CT molecular complexity index is 547. The first-order valence-corrected chi connectivity index (χ1v) is 18.5. The molecule has 0 bridgehead atoms. The lowest BCUT2D eigenvalue weighted by molar-refractivity contribution is -0.150. The van der Waals surface area contributed by atoms with Crippen LogP contribution < -0.4 is 0 Å². The molecule has 0 aliphatic heterocycles. The molecule has 4 nitrogen and oxygen atoms in total. The van der Waals surface area contributed by atoms with Gasteiger partial charge in [0.15, 0.2) is 0 Å². The molecule has 0 spiro atoms. The van der Waals surface area contributed by atoms with Crippen LogP contribution in [0, 0.1) is 0 Å². The maximum absolute atomic E-state index is 12.5. The molecule has 0 aliphatic carbocycles. The summed E-state index contributed by atoms with van der Waals surface area (Å²) in [7, 11) is 0. The van der Waals surface area contributed by atoms with E-state index in [1.54, 1.807) is 0 Å². The molecular formula is C37H72O4. The van der Waals surface area contributed by atoms with Crippen LogP contribution in [0.15, 0.2) is 0 Å². The number of unbranched alkanes of at least 4 members (excludes halogenated alkanes) is 25. The first kappa shape index (κ1) is 39.9. The van der Waals surface area contributed by atoms with E-state index < -0.39 is 5.97 Å². The Morgan fingerprint density at radius 2 is 0.732 bits per heavy atom. The number of aliphatic carboxylic acids is 1. The number of carboxylic acids is 1. The van der Waals surface area contributed by atoms with E-state index >= 15 is 0 Å². The van der Waals surface area contributed by atoms with Crippen LogP contribution in [-0.2, 0) is 14.3 Å². The molecule has 0 aromatic carbocycles. The summed E-state index contributed by atoms with van der Waals surface area (Å²) < 4.78 is 5.96. The van der Waals surface area contributed by atoms with Gasteiger partial charge in [0.1, 0.15) is 6.10 Å². The number of rotatable bonds is 34. The molecule has 1 atom stereocenters. The van der Waals surface area contributed by atoms with Gasteiger partial charge in [0.25, 0.3) is 0 Å². The van der Waals surface area contributed by atoms with Crippen molar-refractivity contribution in [2.24, 2.45) is 0 Å². The van der Waals surface area contributed by atoms with E-state index in [4.69, 9.17) is 9.84 Å². The molecule has 0 heterocycles. The average Bonchev–Trinajstić information content (AvgIpc) is 2.95. The van der Waals surface area contributed by atoms with Crippen LogP contribution in [0.4, 0.5) is 0 Å². The van der Waals surface area contributed by atoms with Gasteiger partial charge in [-0.2, -0.15) is 0 Å². The predicted molar refractivity (Wildman–Crippen MR) is 177 cm³/mol. The highest BCUT2D eigenvalue weighted by atomic mass is 16.5. The molecule has 244 valence electrons. The monoisotopic (exact) mass is 581 g/mol. The Labute approximate surface area is 256 Å². The van der Waals surface area contributed by atoms with Crippen molar-refractivity contribution in [3.8, 4) is 0 Å². The van der Waals surface area contributed by atoms with Gasteiger partial charge in [-0.1, -0.05) is 168 Å². The topological polar surface area (TPSA) is 63.6 Å². The summed E-state index contributed by atoms with van der Waals surface area (Å²) in [6, 6.07) is 0.